The quantitative estimate of drug-likeness (QED) is 0.580. The average molecular weight is 238 g/mol. The minimum absolute atomic E-state index is 0.220. The minimum atomic E-state index is 0.220. The third kappa shape index (κ3) is 3.60. The second-order valence-electron chi connectivity index (χ2n) is 5.50. The standard InChI is InChI=1S/C13H26N4/c14-13(15)16-10-17-9-5-4-8-12(17)11-6-2-1-3-7-11/h11-12H,1-10H2,(H4,14,15,16). The van der Waals surface area contributed by atoms with Crippen molar-refractivity contribution in [2.45, 2.75) is 57.4 Å². The number of piperidine rings is 1. The zero-order chi connectivity index (χ0) is 12.1. The van der Waals surface area contributed by atoms with Gasteiger partial charge in [0.05, 0.1) is 6.67 Å². The summed E-state index contributed by atoms with van der Waals surface area (Å²) in [6.45, 7) is 1.86. The number of aliphatic imine (C=N–C) groups is 1. The summed E-state index contributed by atoms with van der Waals surface area (Å²) in [4.78, 5) is 6.69. The monoisotopic (exact) mass is 238 g/mol. The van der Waals surface area contributed by atoms with E-state index in [9.17, 15) is 0 Å². The number of likely N-dealkylation sites (tertiary alicyclic amines) is 1. The molecule has 4 nitrogen and oxygen atoms in total. The lowest BCUT2D eigenvalue weighted by atomic mass is 9.80. The predicted octanol–water partition coefficient (Wildman–Crippen LogP) is 1.65. The van der Waals surface area contributed by atoms with Gasteiger partial charge in [-0.2, -0.15) is 0 Å². The summed E-state index contributed by atoms with van der Waals surface area (Å²) >= 11 is 0. The van der Waals surface area contributed by atoms with Gasteiger partial charge in [-0.25, -0.2) is 4.99 Å². The maximum Gasteiger partial charge on any atom is 0.187 e. The van der Waals surface area contributed by atoms with Crippen LogP contribution in [0, 0.1) is 5.92 Å². The fourth-order valence-corrected chi connectivity index (χ4v) is 3.42. The zero-order valence-corrected chi connectivity index (χ0v) is 10.8. The summed E-state index contributed by atoms with van der Waals surface area (Å²) < 4.78 is 0. The van der Waals surface area contributed by atoms with Gasteiger partial charge in [-0.3, -0.25) is 4.90 Å². The molecule has 1 atom stereocenters. The molecule has 2 aliphatic rings. The number of rotatable bonds is 3. The molecule has 4 N–H and O–H groups in total. The first-order valence-electron chi connectivity index (χ1n) is 7.07. The van der Waals surface area contributed by atoms with Crippen molar-refractivity contribution in [3.8, 4) is 0 Å². The summed E-state index contributed by atoms with van der Waals surface area (Å²) in [6.07, 6.45) is 11.1. The molecular formula is C13H26N4. The Kier molecular flexibility index (Phi) is 4.66. The molecule has 1 aliphatic heterocycles. The van der Waals surface area contributed by atoms with Gasteiger partial charge in [-0.15, -0.1) is 0 Å². The van der Waals surface area contributed by atoms with Crippen molar-refractivity contribution >= 4 is 5.96 Å². The van der Waals surface area contributed by atoms with Crippen molar-refractivity contribution in [3.05, 3.63) is 0 Å². The van der Waals surface area contributed by atoms with Gasteiger partial charge in [-0.05, 0) is 31.6 Å². The maximum atomic E-state index is 5.43. The first-order valence-corrected chi connectivity index (χ1v) is 7.07. The Hall–Kier alpha value is -0.770. The van der Waals surface area contributed by atoms with Gasteiger partial charge >= 0.3 is 0 Å². The van der Waals surface area contributed by atoms with Crippen LogP contribution in [0.15, 0.2) is 4.99 Å². The molecular weight excluding hydrogens is 212 g/mol. The summed E-state index contributed by atoms with van der Waals surface area (Å²) in [7, 11) is 0. The van der Waals surface area contributed by atoms with Crippen molar-refractivity contribution in [1.82, 2.24) is 4.90 Å². The van der Waals surface area contributed by atoms with Crippen LogP contribution in [0.25, 0.3) is 0 Å². The largest absolute Gasteiger partial charge is 0.370 e. The molecule has 0 radical (unpaired) electrons. The lowest BCUT2D eigenvalue weighted by Crippen LogP contribution is -2.45. The predicted molar refractivity (Wildman–Crippen MR) is 71.6 cm³/mol. The van der Waals surface area contributed by atoms with Crippen LogP contribution < -0.4 is 11.5 Å². The Bertz CT molecular complexity index is 254. The summed E-state index contributed by atoms with van der Waals surface area (Å²) in [6, 6.07) is 0.729. The molecule has 1 saturated carbocycles. The summed E-state index contributed by atoms with van der Waals surface area (Å²) in [5.41, 5.74) is 10.9. The SMILES string of the molecule is NC(N)=NCN1CCCCC1C1CCCCC1. The Labute approximate surface area is 104 Å². The highest BCUT2D eigenvalue weighted by Gasteiger charge is 2.30. The average Bonchev–Trinajstić information content (AvgIpc) is 2.38. The third-order valence-electron chi connectivity index (χ3n) is 4.29. The summed E-state index contributed by atoms with van der Waals surface area (Å²) in [5.74, 6) is 1.11. The van der Waals surface area contributed by atoms with E-state index in [2.05, 4.69) is 9.89 Å². The van der Waals surface area contributed by atoms with E-state index in [4.69, 9.17) is 11.5 Å². The number of guanidine groups is 1. The highest BCUT2D eigenvalue weighted by Crippen LogP contribution is 2.33. The number of nitrogens with two attached hydrogens (primary N) is 2. The molecule has 1 saturated heterocycles. The minimum Gasteiger partial charge on any atom is -0.370 e. The second-order valence-corrected chi connectivity index (χ2v) is 5.50. The molecule has 1 unspecified atom stereocenters. The van der Waals surface area contributed by atoms with Crippen molar-refractivity contribution in [2.75, 3.05) is 13.2 Å². The van der Waals surface area contributed by atoms with E-state index in [1.54, 1.807) is 0 Å². The molecule has 1 heterocycles. The van der Waals surface area contributed by atoms with Gasteiger partial charge in [-0.1, -0.05) is 25.7 Å². The Balaban J connectivity index is 1.93. The summed E-state index contributed by atoms with van der Waals surface area (Å²) in [5, 5.41) is 0. The van der Waals surface area contributed by atoms with Gasteiger partial charge in [0.25, 0.3) is 0 Å². The lowest BCUT2D eigenvalue weighted by molar-refractivity contribution is 0.0844. The molecule has 1 aliphatic carbocycles. The number of hydrogen-bond donors (Lipinski definition) is 2. The molecule has 0 bridgehead atoms. The number of hydrogen-bond acceptors (Lipinski definition) is 2. The van der Waals surface area contributed by atoms with E-state index >= 15 is 0 Å². The fourth-order valence-electron chi connectivity index (χ4n) is 3.42. The van der Waals surface area contributed by atoms with Gasteiger partial charge in [0.2, 0.25) is 0 Å². The second kappa shape index (κ2) is 6.24. The molecule has 0 spiro atoms. The number of nitrogens with zero attached hydrogens (tertiary/aromatic N) is 2. The molecule has 2 rings (SSSR count). The maximum absolute atomic E-state index is 5.43. The fraction of sp³-hybridized carbons (Fsp3) is 0.923. The molecule has 2 fully saturated rings. The highest BCUT2D eigenvalue weighted by atomic mass is 15.2. The molecule has 0 amide bonds. The molecule has 0 aromatic rings. The van der Waals surface area contributed by atoms with E-state index in [0.717, 1.165) is 18.5 Å². The topological polar surface area (TPSA) is 67.6 Å². The van der Waals surface area contributed by atoms with Gasteiger partial charge in [0.1, 0.15) is 0 Å². The Morgan fingerprint density at radius 3 is 2.41 bits per heavy atom. The molecule has 4 heteroatoms. The van der Waals surface area contributed by atoms with Crippen molar-refractivity contribution in [3.63, 3.8) is 0 Å². The smallest absolute Gasteiger partial charge is 0.187 e. The normalized spacial score (nSPS) is 27.9. The van der Waals surface area contributed by atoms with Crippen LogP contribution in [-0.4, -0.2) is 30.1 Å². The molecule has 0 aromatic heterocycles. The lowest BCUT2D eigenvalue weighted by Gasteiger charge is -2.41. The zero-order valence-electron chi connectivity index (χ0n) is 10.8. The van der Waals surface area contributed by atoms with Crippen LogP contribution in [-0.2, 0) is 0 Å². The van der Waals surface area contributed by atoms with Crippen molar-refractivity contribution in [1.29, 1.82) is 0 Å². The van der Waals surface area contributed by atoms with Crippen molar-refractivity contribution < 1.29 is 0 Å². The Morgan fingerprint density at radius 1 is 1.00 bits per heavy atom. The van der Waals surface area contributed by atoms with E-state index < -0.39 is 0 Å². The van der Waals surface area contributed by atoms with E-state index in [-0.39, 0.29) is 5.96 Å². The first kappa shape index (κ1) is 12.7. The Morgan fingerprint density at radius 2 is 1.71 bits per heavy atom. The van der Waals surface area contributed by atoms with E-state index in [1.165, 1.54) is 51.4 Å². The highest BCUT2D eigenvalue weighted by molar-refractivity contribution is 5.75. The van der Waals surface area contributed by atoms with Gasteiger partial charge in [0, 0.05) is 12.6 Å². The first-order chi connectivity index (χ1) is 8.27. The van der Waals surface area contributed by atoms with Crippen LogP contribution in [0.1, 0.15) is 51.4 Å². The van der Waals surface area contributed by atoms with Crippen LogP contribution in [0.3, 0.4) is 0 Å². The van der Waals surface area contributed by atoms with Crippen LogP contribution in [0.2, 0.25) is 0 Å². The third-order valence-corrected chi connectivity index (χ3v) is 4.29. The molecule has 98 valence electrons. The van der Waals surface area contributed by atoms with Gasteiger partial charge in [0.15, 0.2) is 5.96 Å². The van der Waals surface area contributed by atoms with Crippen LogP contribution in [0.5, 0.6) is 0 Å². The van der Waals surface area contributed by atoms with E-state index in [0.29, 0.717) is 6.67 Å². The molecule has 17 heavy (non-hydrogen) atoms. The van der Waals surface area contributed by atoms with Crippen LogP contribution in [0.4, 0.5) is 0 Å². The van der Waals surface area contributed by atoms with E-state index in [1.807, 2.05) is 0 Å². The van der Waals surface area contributed by atoms with Crippen LogP contribution >= 0.6 is 0 Å². The van der Waals surface area contributed by atoms with Crippen molar-refractivity contribution in [2.24, 2.45) is 22.4 Å². The van der Waals surface area contributed by atoms with Gasteiger partial charge < -0.3 is 11.5 Å². The molecule has 0 aromatic carbocycles.